The molecule has 3 rings (SSSR count). The molecule has 0 saturated carbocycles. The molecular formula is C25H26N2O4. The van der Waals surface area contributed by atoms with Crippen molar-refractivity contribution in [3.05, 3.63) is 76.5 Å². The molecule has 0 saturated heterocycles. The standard InChI is InChI=1S/C25H26N2O4/c1-16(2)31-25(29)24-17(3)27(15-19-9-7-8-18(12-19)14-26)23(28)13-21(24)20-10-5-6-11-22(20)30-4/h5-12,16,21H,13,15H2,1-4H3/t21-/m0/s1. The van der Waals surface area contributed by atoms with Crippen molar-refractivity contribution in [2.75, 3.05) is 7.11 Å². The van der Waals surface area contributed by atoms with Crippen LogP contribution >= 0.6 is 0 Å². The van der Waals surface area contributed by atoms with Crippen molar-refractivity contribution >= 4 is 11.9 Å². The van der Waals surface area contributed by atoms with Crippen LogP contribution in [0.2, 0.25) is 0 Å². The van der Waals surface area contributed by atoms with E-state index in [0.29, 0.717) is 22.6 Å². The molecule has 2 aromatic rings. The maximum absolute atomic E-state index is 13.2. The number of carbonyl (C=O) groups is 2. The average molecular weight is 418 g/mol. The Morgan fingerprint density at radius 2 is 1.97 bits per heavy atom. The molecule has 1 amide bonds. The van der Waals surface area contributed by atoms with Crippen LogP contribution in [0.3, 0.4) is 0 Å². The van der Waals surface area contributed by atoms with Crippen LogP contribution in [0.25, 0.3) is 0 Å². The number of para-hydroxylation sites is 1. The van der Waals surface area contributed by atoms with Crippen molar-refractivity contribution in [2.45, 2.75) is 45.8 Å². The van der Waals surface area contributed by atoms with Gasteiger partial charge in [0, 0.05) is 23.6 Å². The molecule has 6 heteroatoms. The van der Waals surface area contributed by atoms with Gasteiger partial charge in [-0.1, -0.05) is 30.3 Å². The number of amides is 1. The summed E-state index contributed by atoms with van der Waals surface area (Å²) in [6, 6.07) is 16.6. The fourth-order valence-corrected chi connectivity index (χ4v) is 3.89. The molecule has 0 spiro atoms. The van der Waals surface area contributed by atoms with Crippen LogP contribution in [0.1, 0.15) is 49.8 Å². The minimum atomic E-state index is -0.461. The summed E-state index contributed by atoms with van der Waals surface area (Å²) in [6.45, 7) is 5.64. The van der Waals surface area contributed by atoms with Crippen molar-refractivity contribution in [3.63, 3.8) is 0 Å². The van der Waals surface area contributed by atoms with Gasteiger partial charge in [-0.25, -0.2) is 4.79 Å². The van der Waals surface area contributed by atoms with Crippen LogP contribution in [0.15, 0.2) is 59.8 Å². The maximum Gasteiger partial charge on any atom is 0.336 e. The summed E-state index contributed by atoms with van der Waals surface area (Å²) in [4.78, 5) is 27.9. The number of nitriles is 1. The Morgan fingerprint density at radius 1 is 1.23 bits per heavy atom. The lowest BCUT2D eigenvalue weighted by atomic mass is 9.83. The van der Waals surface area contributed by atoms with E-state index in [1.165, 1.54) is 0 Å². The highest BCUT2D eigenvalue weighted by atomic mass is 16.5. The third-order valence-electron chi connectivity index (χ3n) is 5.30. The highest BCUT2D eigenvalue weighted by molar-refractivity contribution is 5.96. The molecule has 0 bridgehead atoms. The first-order valence-electron chi connectivity index (χ1n) is 10.2. The van der Waals surface area contributed by atoms with Gasteiger partial charge < -0.3 is 14.4 Å². The first kappa shape index (κ1) is 22.1. The largest absolute Gasteiger partial charge is 0.496 e. The first-order valence-corrected chi connectivity index (χ1v) is 10.2. The summed E-state index contributed by atoms with van der Waals surface area (Å²) in [5.74, 6) is -0.377. The smallest absolute Gasteiger partial charge is 0.336 e. The second-order valence-electron chi connectivity index (χ2n) is 7.74. The van der Waals surface area contributed by atoms with Gasteiger partial charge in [0.05, 0.1) is 37.0 Å². The topological polar surface area (TPSA) is 79.6 Å². The summed E-state index contributed by atoms with van der Waals surface area (Å²) in [5.41, 5.74) is 3.13. The fraction of sp³-hybridized carbons (Fsp3) is 0.320. The molecule has 0 radical (unpaired) electrons. The van der Waals surface area contributed by atoms with Gasteiger partial charge in [-0.05, 0) is 44.5 Å². The quantitative estimate of drug-likeness (QED) is 0.653. The molecular weight excluding hydrogens is 392 g/mol. The van der Waals surface area contributed by atoms with Crippen LogP contribution in [0, 0.1) is 11.3 Å². The molecule has 0 unspecified atom stereocenters. The van der Waals surface area contributed by atoms with E-state index in [4.69, 9.17) is 14.7 Å². The van der Waals surface area contributed by atoms with Gasteiger partial charge >= 0.3 is 5.97 Å². The van der Waals surface area contributed by atoms with E-state index in [2.05, 4.69) is 6.07 Å². The molecule has 6 nitrogen and oxygen atoms in total. The predicted octanol–water partition coefficient (Wildman–Crippen LogP) is 4.31. The number of rotatable bonds is 6. The third kappa shape index (κ3) is 4.77. The van der Waals surface area contributed by atoms with Gasteiger partial charge in [0.25, 0.3) is 0 Å². The summed E-state index contributed by atoms with van der Waals surface area (Å²) in [6.07, 6.45) is -0.164. The molecule has 160 valence electrons. The SMILES string of the molecule is COc1ccccc1[C@@H]1CC(=O)N(Cc2cccc(C#N)c2)C(C)=C1C(=O)OC(C)C. The van der Waals surface area contributed by atoms with Crippen LogP contribution < -0.4 is 4.74 Å². The van der Waals surface area contributed by atoms with Crippen LogP contribution in [-0.2, 0) is 20.9 Å². The Morgan fingerprint density at radius 3 is 2.65 bits per heavy atom. The Balaban J connectivity index is 2.07. The number of nitrogens with zero attached hydrogens (tertiary/aromatic N) is 2. The van der Waals surface area contributed by atoms with Crippen molar-refractivity contribution < 1.29 is 19.1 Å². The van der Waals surface area contributed by atoms with Crippen LogP contribution in [0.5, 0.6) is 5.75 Å². The van der Waals surface area contributed by atoms with Gasteiger partial charge in [-0.3, -0.25) is 4.79 Å². The first-order chi connectivity index (χ1) is 14.8. The number of benzene rings is 2. The number of allylic oxidation sites excluding steroid dienone is 1. The van der Waals surface area contributed by atoms with E-state index >= 15 is 0 Å². The van der Waals surface area contributed by atoms with E-state index in [9.17, 15) is 9.59 Å². The summed E-state index contributed by atoms with van der Waals surface area (Å²) < 4.78 is 11.0. The zero-order valence-electron chi connectivity index (χ0n) is 18.2. The summed E-state index contributed by atoms with van der Waals surface area (Å²) in [7, 11) is 1.57. The predicted molar refractivity (Wildman–Crippen MR) is 116 cm³/mol. The van der Waals surface area contributed by atoms with E-state index < -0.39 is 11.9 Å². The normalized spacial score (nSPS) is 16.3. The van der Waals surface area contributed by atoms with Gasteiger partial charge in [0.15, 0.2) is 0 Å². The summed E-state index contributed by atoms with van der Waals surface area (Å²) >= 11 is 0. The molecule has 0 aliphatic carbocycles. The maximum atomic E-state index is 13.2. The molecule has 1 atom stereocenters. The summed E-state index contributed by atoms with van der Waals surface area (Å²) in [5, 5.41) is 9.17. The van der Waals surface area contributed by atoms with Gasteiger partial charge in [0.1, 0.15) is 5.75 Å². The Bertz CT molecular complexity index is 1070. The minimum Gasteiger partial charge on any atom is -0.496 e. The number of hydrogen-bond donors (Lipinski definition) is 0. The lowest BCUT2D eigenvalue weighted by Gasteiger charge is -2.35. The lowest BCUT2D eigenvalue weighted by Crippen LogP contribution is -2.38. The Hall–Kier alpha value is -3.59. The van der Waals surface area contributed by atoms with E-state index in [0.717, 1.165) is 11.1 Å². The van der Waals surface area contributed by atoms with Crippen molar-refractivity contribution in [1.29, 1.82) is 5.26 Å². The zero-order chi connectivity index (χ0) is 22.5. The van der Waals surface area contributed by atoms with Gasteiger partial charge in [0.2, 0.25) is 5.91 Å². The van der Waals surface area contributed by atoms with E-state index in [-0.39, 0.29) is 25.0 Å². The molecule has 0 aromatic heterocycles. The van der Waals surface area contributed by atoms with Crippen LogP contribution in [-0.4, -0.2) is 30.0 Å². The van der Waals surface area contributed by atoms with E-state index in [1.54, 1.807) is 51.0 Å². The number of esters is 1. The fourth-order valence-electron chi connectivity index (χ4n) is 3.89. The third-order valence-corrected chi connectivity index (χ3v) is 5.30. The highest BCUT2D eigenvalue weighted by Crippen LogP contribution is 2.41. The molecule has 2 aromatic carbocycles. The van der Waals surface area contributed by atoms with Crippen molar-refractivity contribution in [3.8, 4) is 11.8 Å². The Kier molecular flexibility index (Phi) is 6.76. The second kappa shape index (κ2) is 9.48. The molecule has 1 aliphatic heterocycles. The number of carbonyl (C=O) groups excluding carboxylic acids is 2. The van der Waals surface area contributed by atoms with Crippen molar-refractivity contribution in [2.24, 2.45) is 0 Å². The number of ether oxygens (including phenoxy) is 2. The number of hydrogen-bond acceptors (Lipinski definition) is 5. The monoisotopic (exact) mass is 418 g/mol. The highest BCUT2D eigenvalue weighted by Gasteiger charge is 2.38. The van der Waals surface area contributed by atoms with E-state index in [1.807, 2.05) is 30.3 Å². The van der Waals surface area contributed by atoms with Crippen LogP contribution in [0.4, 0.5) is 0 Å². The van der Waals surface area contributed by atoms with Gasteiger partial charge in [-0.15, -0.1) is 0 Å². The molecule has 31 heavy (non-hydrogen) atoms. The molecule has 1 heterocycles. The van der Waals surface area contributed by atoms with Gasteiger partial charge in [-0.2, -0.15) is 5.26 Å². The average Bonchev–Trinajstić information content (AvgIpc) is 2.75. The van der Waals surface area contributed by atoms with Crippen molar-refractivity contribution in [1.82, 2.24) is 4.90 Å². The number of methoxy groups -OCH3 is 1. The Labute approximate surface area is 182 Å². The second-order valence-corrected chi connectivity index (χ2v) is 7.74. The minimum absolute atomic E-state index is 0.100. The molecule has 0 N–H and O–H groups in total. The molecule has 0 fully saturated rings. The zero-order valence-corrected chi connectivity index (χ0v) is 18.2. The lowest BCUT2D eigenvalue weighted by molar-refractivity contribution is -0.143. The molecule has 1 aliphatic rings.